The summed E-state index contributed by atoms with van der Waals surface area (Å²) in [4.78, 5) is 37.9. The first-order valence-corrected chi connectivity index (χ1v) is 29.7. The van der Waals surface area contributed by atoms with Crippen molar-refractivity contribution in [3.63, 3.8) is 0 Å². The average molecular weight is 1010 g/mol. The van der Waals surface area contributed by atoms with Gasteiger partial charge in [-0.15, -0.1) is 0 Å². The van der Waals surface area contributed by atoms with Crippen LogP contribution in [0.25, 0.3) is 0 Å². The molecule has 0 aromatic carbocycles. The van der Waals surface area contributed by atoms with Gasteiger partial charge < -0.3 is 14.2 Å². The number of carbonyl (C=O) groups is 3. The lowest BCUT2D eigenvalue weighted by atomic mass is 10.0. The summed E-state index contributed by atoms with van der Waals surface area (Å²) in [6, 6.07) is 0. The lowest BCUT2D eigenvalue weighted by Gasteiger charge is -2.18. The Kier molecular flexibility index (Phi) is 56.4. The first-order chi connectivity index (χ1) is 36.0. The fourth-order valence-corrected chi connectivity index (χ4v) is 7.77. The normalized spacial score (nSPS) is 13.1. The van der Waals surface area contributed by atoms with Gasteiger partial charge in [-0.1, -0.05) is 251 Å². The summed E-state index contributed by atoms with van der Waals surface area (Å²) in [5.41, 5.74) is 0. The zero-order valence-corrected chi connectivity index (χ0v) is 47.1. The van der Waals surface area contributed by atoms with Crippen molar-refractivity contribution in [2.24, 2.45) is 0 Å². The van der Waals surface area contributed by atoms with Crippen LogP contribution in [0, 0.1) is 0 Å². The molecular weight excluding hydrogens is 901 g/mol. The first-order valence-electron chi connectivity index (χ1n) is 29.7. The fourth-order valence-electron chi connectivity index (χ4n) is 7.77. The number of allylic oxidation sites excluding steroid dienone is 22. The largest absolute Gasteiger partial charge is 0.462 e. The molecule has 0 saturated heterocycles. The second-order valence-corrected chi connectivity index (χ2v) is 19.1. The Hall–Kier alpha value is -4.45. The van der Waals surface area contributed by atoms with Gasteiger partial charge in [0.1, 0.15) is 13.2 Å². The lowest BCUT2D eigenvalue weighted by molar-refractivity contribution is -0.167. The van der Waals surface area contributed by atoms with Gasteiger partial charge in [0.05, 0.1) is 0 Å². The Labute approximate surface area is 449 Å². The van der Waals surface area contributed by atoms with Gasteiger partial charge in [0.25, 0.3) is 0 Å². The second kappa shape index (κ2) is 60.1. The number of hydrogen-bond donors (Lipinski definition) is 0. The minimum atomic E-state index is -0.794. The molecule has 0 spiro atoms. The summed E-state index contributed by atoms with van der Waals surface area (Å²) in [6.45, 7) is 6.29. The van der Waals surface area contributed by atoms with E-state index in [1.54, 1.807) is 0 Å². The highest BCUT2D eigenvalue weighted by Gasteiger charge is 2.19. The number of esters is 3. The Balaban J connectivity index is 4.18. The van der Waals surface area contributed by atoms with Crippen LogP contribution < -0.4 is 0 Å². The highest BCUT2D eigenvalue weighted by molar-refractivity contribution is 5.71. The average Bonchev–Trinajstić information content (AvgIpc) is 3.39. The van der Waals surface area contributed by atoms with Crippen LogP contribution in [0.1, 0.15) is 252 Å². The van der Waals surface area contributed by atoms with Crippen molar-refractivity contribution in [1.82, 2.24) is 0 Å². The number of hydrogen-bond acceptors (Lipinski definition) is 6. The summed E-state index contributed by atoms with van der Waals surface area (Å²) in [5, 5.41) is 0. The van der Waals surface area contributed by atoms with Crippen LogP contribution in [0.3, 0.4) is 0 Å². The van der Waals surface area contributed by atoms with E-state index in [-0.39, 0.29) is 31.1 Å². The Morgan fingerprint density at radius 2 is 0.534 bits per heavy atom. The predicted octanol–water partition coefficient (Wildman–Crippen LogP) is 20.2. The molecule has 412 valence electrons. The molecule has 0 bridgehead atoms. The van der Waals surface area contributed by atoms with Crippen molar-refractivity contribution in [2.45, 2.75) is 258 Å². The zero-order chi connectivity index (χ0) is 52.9. The van der Waals surface area contributed by atoms with E-state index >= 15 is 0 Å². The van der Waals surface area contributed by atoms with Crippen molar-refractivity contribution in [1.29, 1.82) is 0 Å². The van der Waals surface area contributed by atoms with E-state index in [2.05, 4.69) is 154 Å². The van der Waals surface area contributed by atoms with E-state index in [1.807, 2.05) is 0 Å². The van der Waals surface area contributed by atoms with Crippen LogP contribution in [-0.2, 0) is 28.6 Å². The summed E-state index contributed by atoms with van der Waals surface area (Å²) in [5.74, 6) is -0.947. The second-order valence-electron chi connectivity index (χ2n) is 19.1. The van der Waals surface area contributed by atoms with Crippen LogP contribution in [0.5, 0.6) is 0 Å². The molecule has 0 aromatic heterocycles. The SMILES string of the molecule is CC/C=C\C/C=C\C/C=C\C/C=C\C/C=C\C/C=C\C/C=C\CCCCCC(=O)OCC(COC(=O)CCCCCCC)OC(=O)CCCCCCCCCCCCCC/C=C\C/C=C\C/C=C\C/C=C\CC. The third-order valence-electron chi connectivity index (χ3n) is 12.2. The van der Waals surface area contributed by atoms with E-state index < -0.39 is 6.10 Å². The molecule has 73 heavy (non-hydrogen) atoms. The third-order valence-corrected chi connectivity index (χ3v) is 12.2. The molecule has 0 N–H and O–H groups in total. The monoisotopic (exact) mass is 1010 g/mol. The minimum Gasteiger partial charge on any atom is -0.462 e. The van der Waals surface area contributed by atoms with E-state index in [0.717, 1.165) is 148 Å². The van der Waals surface area contributed by atoms with E-state index in [4.69, 9.17) is 14.2 Å². The molecule has 0 aliphatic heterocycles. The van der Waals surface area contributed by atoms with E-state index in [9.17, 15) is 14.4 Å². The molecule has 0 aromatic rings. The van der Waals surface area contributed by atoms with E-state index in [0.29, 0.717) is 19.3 Å². The molecule has 0 heterocycles. The summed E-state index contributed by atoms with van der Waals surface area (Å²) in [6.07, 6.45) is 84.9. The molecule has 1 unspecified atom stereocenters. The van der Waals surface area contributed by atoms with Crippen molar-refractivity contribution in [2.75, 3.05) is 13.2 Å². The van der Waals surface area contributed by atoms with E-state index in [1.165, 1.54) is 64.2 Å². The van der Waals surface area contributed by atoms with Gasteiger partial charge >= 0.3 is 17.9 Å². The van der Waals surface area contributed by atoms with Gasteiger partial charge in [-0.3, -0.25) is 14.4 Å². The van der Waals surface area contributed by atoms with Gasteiger partial charge in [-0.2, -0.15) is 0 Å². The fraction of sp³-hybridized carbons (Fsp3) is 0.627. The molecule has 0 saturated carbocycles. The molecule has 0 radical (unpaired) electrons. The van der Waals surface area contributed by atoms with Crippen molar-refractivity contribution in [3.05, 3.63) is 134 Å². The van der Waals surface area contributed by atoms with Gasteiger partial charge in [0.15, 0.2) is 6.10 Å². The number of carbonyl (C=O) groups excluding carboxylic acids is 3. The van der Waals surface area contributed by atoms with Gasteiger partial charge in [-0.05, 0) is 116 Å². The summed E-state index contributed by atoms with van der Waals surface area (Å²) < 4.78 is 16.7. The molecule has 0 rings (SSSR count). The number of ether oxygens (including phenoxy) is 3. The highest BCUT2D eigenvalue weighted by atomic mass is 16.6. The van der Waals surface area contributed by atoms with Crippen LogP contribution in [0.4, 0.5) is 0 Å². The Morgan fingerprint density at radius 3 is 0.849 bits per heavy atom. The molecule has 1 atom stereocenters. The number of rotatable bonds is 52. The molecule has 6 heteroatoms. The van der Waals surface area contributed by atoms with Crippen molar-refractivity contribution in [3.8, 4) is 0 Å². The van der Waals surface area contributed by atoms with Gasteiger partial charge in [0.2, 0.25) is 0 Å². The maximum absolute atomic E-state index is 12.8. The quantitative estimate of drug-likeness (QED) is 0.0261. The molecule has 0 aliphatic carbocycles. The Bertz CT molecular complexity index is 1580. The van der Waals surface area contributed by atoms with Gasteiger partial charge in [-0.25, -0.2) is 0 Å². The summed E-state index contributed by atoms with van der Waals surface area (Å²) in [7, 11) is 0. The predicted molar refractivity (Wildman–Crippen MR) is 316 cm³/mol. The standard InChI is InChI=1S/C67H108O6/c1-4-7-10-13-15-17-19-21-23-25-27-29-31-33-35-37-39-41-43-45-47-49-51-54-57-60-66(69)72-63-64(62-71-65(68)59-56-53-12-9-6-3)73-67(70)61-58-55-52-50-48-46-44-42-40-38-36-34-32-30-28-26-24-22-20-18-16-14-11-8-5-2/h7-8,10-11,15-18,21-24,27-30,33,35,39,41,45,47,64H,4-6,9,12-14,19-20,25-26,31-32,34,36-38,40,42-44,46,48-63H2,1-3H3/b10-7-,11-8-,17-15-,18-16-,23-21-,24-22-,29-27-,30-28-,35-33-,41-39-,47-45-. The molecule has 0 amide bonds. The summed E-state index contributed by atoms with van der Waals surface area (Å²) >= 11 is 0. The van der Waals surface area contributed by atoms with Crippen LogP contribution >= 0.6 is 0 Å². The van der Waals surface area contributed by atoms with Crippen molar-refractivity contribution >= 4 is 17.9 Å². The van der Waals surface area contributed by atoms with Crippen LogP contribution in [-0.4, -0.2) is 37.2 Å². The Morgan fingerprint density at radius 1 is 0.288 bits per heavy atom. The number of unbranched alkanes of at least 4 members (excludes halogenated alkanes) is 19. The van der Waals surface area contributed by atoms with Crippen LogP contribution in [0.15, 0.2) is 134 Å². The van der Waals surface area contributed by atoms with Crippen molar-refractivity contribution < 1.29 is 28.6 Å². The molecule has 0 aliphatic rings. The maximum atomic E-state index is 12.8. The minimum absolute atomic E-state index is 0.0935. The molecular formula is C67H108O6. The third kappa shape index (κ3) is 58.3. The topological polar surface area (TPSA) is 78.9 Å². The zero-order valence-electron chi connectivity index (χ0n) is 47.1. The lowest BCUT2D eigenvalue weighted by Crippen LogP contribution is -2.30. The smallest absolute Gasteiger partial charge is 0.306 e. The van der Waals surface area contributed by atoms with Gasteiger partial charge in [0, 0.05) is 19.3 Å². The molecule has 0 fully saturated rings. The van der Waals surface area contributed by atoms with Crippen LogP contribution in [0.2, 0.25) is 0 Å². The highest BCUT2D eigenvalue weighted by Crippen LogP contribution is 2.15. The first kappa shape index (κ1) is 68.6. The molecule has 6 nitrogen and oxygen atoms in total. The maximum Gasteiger partial charge on any atom is 0.306 e.